The van der Waals surface area contributed by atoms with E-state index in [0.29, 0.717) is 30.0 Å². The smallest absolute Gasteiger partial charge is 0.318 e. The van der Waals surface area contributed by atoms with Gasteiger partial charge in [-0.15, -0.1) is 0 Å². The van der Waals surface area contributed by atoms with Crippen LogP contribution in [-0.2, 0) is 31.1 Å². The number of aliphatic hydroxyl groups excluding tert-OH is 1. The van der Waals surface area contributed by atoms with Gasteiger partial charge in [-0.3, -0.25) is 14.4 Å². The first-order valence-electron chi connectivity index (χ1n) is 9.81. The number of aliphatic hydroxyl groups is 1. The maximum absolute atomic E-state index is 13.3. The van der Waals surface area contributed by atoms with Crippen molar-refractivity contribution < 1.29 is 33.7 Å². The van der Waals surface area contributed by atoms with E-state index in [9.17, 15) is 19.5 Å². The van der Waals surface area contributed by atoms with Crippen LogP contribution in [0.2, 0.25) is 0 Å². The van der Waals surface area contributed by atoms with Gasteiger partial charge in [0.05, 0.1) is 26.4 Å². The fourth-order valence-corrected chi connectivity index (χ4v) is 5.51. The molecule has 1 aromatic rings. The average Bonchev–Trinajstić information content (AvgIpc) is 2.92. The van der Waals surface area contributed by atoms with Crippen LogP contribution in [0.3, 0.4) is 0 Å². The molecule has 0 bridgehead atoms. The zero-order valence-corrected chi connectivity index (χ0v) is 16.8. The first-order chi connectivity index (χ1) is 13.9. The molecule has 1 N–H and O–H groups in total. The monoisotopic (exact) mass is 403 g/mol. The lowest BCUT2D eigenvalue weighted by Gasteiger charge is -2.53. The summed E-state index contributed by atoms with van der Waals surface area (Å²) in [6.45, 7) is 2.09. The van der Waals surface area contributed by atoms with Crippen molar-refractivity contribution in [2.45, 2.75) is 44.2 Å². The van der Waals surface area contributed by atoms with E-state index >= 15 is 0 Å². The van der Waals surface area contributed by atoms with Crippen molar-refractivity contribution in [1.29, 1.82) is 0 Å². The minimum absolute atomic E-state index is 0.0879. The Kier molecular flexibility index (Phi) is 4.57. The van der Waals surface area contributed by atoms with Crippen molar-refractivity contribution in [2.75, 3.05) is 27.4 Å². The Morgan fingerprint density at radius 1 is 1.21 bits per heavy atom. The molecule has 0 aromatic heterocycles. The summed E-state index contributed by atoms with van der Waals surface area (Å²) in [7, 11) is 3.06. The minimum Gasteiger partial charge on any atom is -0.493 e. The van der Waals surface area contributed by atoms with Gasteiger partial charge in [0.2, 0.25) is 0 Å². The Balaban J connectivity index is 2.03. The molecule has 8 nitrogen and oxygen atoms in total. The number of ether oxygens (including phenoxy) is 3. The third kappa shape index (κ3) is 2.32. The topological polar surface area (TPSA) is 102 Å². The zero-order valence-electron chi connectivity index (χ0n) is 16.8. The third-order valence-corrected chi connectivity index (χ3v) is 6.71. The molecule has 0 unspecified atom stereocenters. The average molecular weight is 403 g/mol. The van der Waals surface area contributed by atoms with Crippen molar-refractivity contribution in [3.05, 3.63) is 23.3 Å². The van der Waals surface area contributed by atoms with E-state index in [4.69, 9.17) is 14.2 Å². The molecule has 29 heavy (non-hydrogen) atoms. The van der Waals surface area contributed by atoms with E-state index in [2.05, 4.69) is 0 Å². The molecule has 4 rings (SSSR count). The second-order valence-electron chi connectivity index (χ2n) is 7.77. The fraction of sp³-hybridized carbons (Fsp3) is 0.571. The van der Waals surface area contributed by atoms with Crippen molar-refractivity contribution in [3.8, 4) is 11.5 Å². The van der Waals surface area contributed by atoms with Crippen LogP contribution in [-0.4, -0.2) is 61.1 Å². The number of hydrogen-bond donors (Lipinski definition) is 1. The molecular formula is C21H25NO7. The second kappa shape index (κ2) is 6.73. The molecular weight excluding hydrogens is 378 g/mol. The van der Waals surface area contributed by atoms with Crippen LogP contribution in [0, 0.1) is 5.41 Å². The zero-order chi connectivity index (χ0) is 21.0. The second-order valence-corrected chi connectivity index (χ2v) is 7.77. The fourth-order valence-electron chi connectivity index (χ4n) is 5.51. The van der Waals surface area contributed by atoms with E-state index in [0.717, 1.165) is 5.56 Å². The van der Waals surface area contributed by atoms with Crippen molar-refractivity contribution in [2.24, 2.45) is 5.41 Å². The molecule has 2 aliphatic heterocycles. The van der Waals surface area contributed by atoms with Crippen molar-refractivity contribution in [1.82, 2.24) is 4.90 Å². The van der Waals surface area contributed by atoms with Crippen LogP contribution >= 0.6 is 0 Å². The number of carbonyl (C=O) groups excluding carboxylic acids is 3. The Morgan fingerprint density at radius 2 is 1.90 bits per heavy atom. The summed E-state index contributed by atoms with van der Waals surface area (Å²) >= 11 is 0. The maximum Gasteiger partial charge on any atom is 0.318 e. The summed E-state index contributed by atoms with van der Waals surface area (Å²) in [5, 5.41) is 11.0. The summed E-state index contributed by atoms with van der Waals surface area (Å²) in [5.74, 6) is -0.391. The Bertz CT molecular complexity index is 897. The number of amides is 1. The number of ketones is 1. The minimum atomic E-state index is -1.68. The van der Waals surface area contributed by atoms with Gasteiger partial charge < -0.3 is 24.2 Å². The summed E-state index contributed by atoms with van der Waals surface area (Å²) in [4.78, 5) is 40.4. The van der Waals surface area contributed by atoms with Crippen LogP contribution in [0.25, 0.3) is 0 Å². The van der Waals surface area contributed by atoms with Gasteiger partial charge >= 0.3 is 5.97 Å². The van der Waals surface area contributed by atoms with Gasteiger partial charge in [-0.05, 0) is 43.0 Å². The highest BCUT2D eigenvalue weighted by atomic mass is 16.5. The Labute approximate surface area is 168 Å². The quantitative estimate of drug-likeness (QED) is 0.747. The van der Waals surface area contributed by atoms with Gasteiger partial charge in [-0.1, -0.05) is 0 Å². The van der Waals surface area contributed by atoms with Crippen LogP contribution in [0.1, 0.15) is 37.3 Å². The van der Waals surface area contributed by atoms with Crippen molar-refractivity contribution in [3.63, 3.8) is 0 Å². The van der Waals surface area contributed by atoms with Crippen LogP contribution in [0.15, 0.2) is 12.1 Å². The molecule has 2 heterocycles. The maximum atomic E-state index is 13.3. The number of fused-ring (bicyclic) bond motifs is 1. The van der Waals surface area contributed by atoms with E-state index in [1.165, 1.54) is 7.11 Å². The summed E-state index contributed by atoms with van der Waals surface area (Å²) in [6, 6.07) is 3.62. The summed E-state index contributed by atoms with van der Waals surface area (Å²) in [6.07, 6.45) is -0.863. The number of methoxy groups -OCH3 is 2. The first kappa shape index (κ1) is 19.7. The molecule has 1 spiro atoms. The van der Waals surface area contributed by atoms with E-state index in [1.54, 1.807) is 25.0 Å². The summed E-state index contributed by atoms with van der Waals surface area (Å²) in [5.41, 5.74) is -1.21. The molecule has 3 aliphatic rings. The molecule has 1 aliphatic carbocycles. The van der Waals surface area contributed by atoms with Gasteiger partial charge in [0.25, 0.3) is 5.91 Å². The molecule has 1 saturated heterocycles. The lowest BCUT2D eigenvalue weighted by molar-refractivity contribution is -0.177. The molecule has 1 saturated carbocycles. The standard InChI is InChI=1S/C21H25NO7/c1-4-29-19(26)20-11-13(23)5-7-21(20)14-10-16(28-3)15(27-2)9-12(14)6-8-22(21)18(25)17(20)24/h9-10,17,24H,4-8,11H2,1-3H3/t17-,20+,21-/m0/s1. The van der Waals surface area contributed by atoms with E-state index in [1.807, 2.05) is 6.07 Å². The van der Waals surface area contributed by atoms with Gasteiger partial charge in [0, 0.05) is 19.4 Å². The summed E-state index contributed by atoms with van der Waals surface area (Å²) < 4.78 is 16.2. The van der Waals surface area contributed by atoms with Crippen LogP contribution in [0.4, 0.5) is 0 Å². The van der Waals surface area contributed by atoms with Crippen molar-refractivity contribution >= 4 is 17.7 Å². The number of rotatable bonds is 4. The molecule has 1 aromatic carbocycles. The number of nitrogens with zero attached hydrogens (tertiary/aromatic N) is 1. The van der Waals surface area contributed by atoms with Crippen LogP contribution in [0.5, 0.6) is 11.5 Å². The predicted molar refractivity (Wildman–Crippen MR) is 101 cm³/mol. The number of hydrogen-bond acceptors (Lipinski definition) is 7. The number of carbonyl (C=O) groups is 3. The molecule has 8 heteroatoms. The normalized spacial score (nSPS) is 30.3. The number of esters is 1. The SMILES string of the molecule is CCOC(=O)[C@]12CC(=O)CC[C@]13c1cc(OC)c(OC)cc1CCN3C(=O)[C@@H]2O. The lowest BCUT2D eigenvalue weighted by atomic mass is 9.56. The van der Waals surface area contributed by atoms with Gasteiger partial charge in [0.1, 0.15) is 11.2 Å². The Hall–Kier alpha value is -2.61. The van der Waals surface area contributed by atoms with E-state index < -0.39 is 28.9 Å². The van der Waals surface area contributed by atoms with Crippen LogP contribution < -0.4 is 9.47 Å². The first-order valence-corrected chi connectivity index (χ1v) is 9.81. The largest absolute Gasteiger partial charge is 0.493 e. The number of Topliss-reactive ketones (excluding diaryl/α,β-unsaturated/α-hetero) is 1. The molecule has 0 radical (unpaired) electrons. The van der Waals surface area contributed by atoms with E-state index in [-0.39, 0.29) is 31.7 Å². The molecule has 3 atom stereocenters. The molecule has 156 valence electrons. The highest BCUT2D eigenvalue weighted by Crippen LogP contribution is 2.63. The van der Waals surface area contributed by atoms with Gasteiger partial charge in [-0.2, -0.15) is 0 Å². The molecule has 1 amide bonds. The third-order valence-electron chi connectivity index (χ3n) is 6.71. The van der Waals surface area contributed by atoms with Gasteiger partial charge in [0.15, 0.2) is 17.6 Å². The predicted octanol–water partition coefficient (Wildman–Crippen LogP) is 0.961. The highest BCUT2D eigenvalue weighted by molar-refractivity contribution is 6.01. The highest BCUT2D eigenvalue weighted by Gasteiger charge is 2.75. The Morgan fingerprint density at radius 3 is 2.55 bits per heavy atom. The van der Waals surface area contributed by atoms with Gasteiger partial charge in [-0.25, -0.2) is 0 Å². The number of benzene rings is 1. The lowest BCUT2D eigenvalue weighted by Crippen LogP contribution is -2.62. The molecule has 2 fully saturated rings.